The number of fused-ring (bicyclic) bond motifs is 1. The van der Waals surface area contributed by atoms with Crippen molar-refractivity contribution in [3.05, 3.63) is 113 Å². The minimum absolute atomic E-state index is 0.00774. The average molecular weight is 520 g/mol. The normalized spacial score (nSPS) is 17.3. The van der Waals surface area contributed by atoms with Gasteiger partial charge >= 0.3 is 0 Å². The number of nitrogens with zero attached hydrogens (tertiary/aromatic N) is 1. The van der Waals surface area contributed by atoms with Gasteiger partial charge in [0.2, 0.25) is 0 Å². The summed E-state index contributed by atoms with van der Waals surface area (Å²) in [5.74, 6) is -0.910. The number of ether oxygens (including phenoxy) is 1. The van der Waals surface area contributed by atoms with Crippen molar-refractivity contribution in [3.8, 4) is 5.75 Å². The molecule has 0 radical (unpaired) electrons. The maximum absolute atomic E-state index is 13.6. The summed E-state index contributed by atoms with van der Waals surface area (Å²) in [4.78, 5) is 28.6. The van der Waals surface area contributed by atoms with Crippen LogP contribution in [0.5, 0.6) is 5.75 Å². The highest BCUT2D eigenvalue weighted by Gasteiger charge is 2.47. The molecule has 0 spiro atoms. The summed E-state index contributed by atoms with van der Waals surface area (Å²) in [5.41, 5.74) is 2.93. The van der Waals surface area contributed by atoms with Gasteiger partial charge in [0.05, 0.1) is 17.7 Å². The van der Waals surface area contributed by atoms with E-state index < -0.39 is 17.7 Å². The number of rotatable bonds is 5. The molecule has 5 heteroatoms. The molecule has 1 heterocycles. The summed E-state index contributed by atoms with van der Waals surface area (Å²) in [6.07, 6.45) is 0.00774. The third-order valence-electron chi connectivity index (χ3n) is 7.05. The molecular weight excluding hydrogens is 486 g/mol. The predicted molar refractivity (Wildman–Crippen MR) is 156 cm³/mol. The highest BCUT2D eigenvalue weighted by molar-refractivity contribution is 6.51. The Labute approximate surface area is 229 Å². The summed E-state index contributed by atoms with van der Waals surface area (Å²) in [5, 5.41) is 13.5. The second-order valence-corrected chi connectivity index (χ2v) is 11.3. The lowest BCUT2D eigenvalue weighted by atomic mass is 9.85. The van der Waals surface area contributed by atoms with Gasteiger partial charge in [0, 0.05) is 11.3 Å². The molecule has 1 saturated heterocycles. The number of Topliss-reactive ketones (excluding diaryl/α,β-unsaturated/α-hetero) is 1. The number of aliphatic hydroxyl groups excluding tert-OH is 1. The van der Waals surface area contributed by atoms with Crippen molar-refractivity contribution in [1.29, 1.82) is 0 Å². The third kappa shape index (κ3) is 5.05. The van der Waals surface area contributed by atoms with E-state index in [9.17, 15) is 14.7 Å². The molecule has 4 aromatic carbocycles. The first-order chi connectivity index (χ1) is 18.5. The lowest BCUT2D eigenvalue weighted by Gasteiger charge is -2.27. The Bertz CT molecular complexity index is 1570. The number of anilines is 1. The van der Waals surface area contributed by atoms with Gasteiger partial charge in [-0.05, 0) is 71.5 Å². The van der Waals surface area contributed by atoms with Gasteiger partial charge in [-0.3, -0.25) is 14.5 Å². The van der Waals surface area contributed by atoms with Crippen molar-refractivity contribution in [3.63, 3.8) is 0 Å². The molecule has 1 aliphatic rings. The fourth-order valence-corrected chi connectivity index (χ4v) is 5.03. The van der Waals surface area contributed by atoms with E-state index in [0.29, 0.717) is 17.0 Å². The minimum atomic E-state index is -0.789. The zero-order valence-electron chi connectivity index (χ0n) is 22.9. The molecule has 1 unspecified atom stereocenters. The molecule has 0 aromatic heterocycles. The maximum Gasteiger partial charge on any atom is 0.300 e. The second-order valence-electron chi connectivity index (χ2n) is 11.3. The lowest BCUT2D eigenvalue weighted by Crippen LogP contribution is -2.29. The van der Waals surface area contributed by atoms with E-state index in [1.54, 1.807) is 30.3 Å². The summed E-state index contributed by atoms with van der Waals surface area (Å²) in [7, 11) is 0. The lowest BCUT2D eigenvalue weighted by molar-refractivity contribution is -0.132. The molecular formula is C34H33NO4. The Kier molecular flexibility index (Phi) is 6.77. The van der Waals surface area contributed by atoms with E-state index in [4.69, 9.17) is 4.74 Å². The van der Waals surface area contributed by atoms with Crippen molar-refractivity contribution < 1.29 is 19.4 Å². The molecule has 1 aliphatic heterocycles. The molecule has 0 aliphatic carbocycles. The van der Waals surface area contributed by atoms with E-state index >= 15 is 0 Å². The van der Waals surface area contributed by atoms with Gasteiger partial charge in [0.15, 0.2) is 0 Å². The predicted octanol–water partition coefficient (Wildman–Crippen LogP) is 7.55. The van der Waals surface area contributed by atoms with E-state index in [1.807, 2.05) is 74.5 Å². The van der Waals surface area contributed by atoms with Crippen LogP contribution in [0.25, 0.3) is 16.5 Å². The van der Waals surface area contributed by atoms with E-state index in [1.165, 1.54) is 4.90 Å². The number of amides is 1. The van der Waals surface area contributed by atoms with Crippen LogP contribution < -0.4 is 9.64 Å². The Hall–Kier alpha value is -4.38. The van der Waals surface area contributed by atoms with Gasteiger partial charge in [0.25, 0.3) is 11.7 Å². The number of hydrogen-bond acceptors (Lipinski definition) is 4. The van der Waals surface area contributed by atoms with Crippen molar-refractivity contribution >= 4 is 33.9 Å². The fraction of sp³-hybridized carbons (Fsp3) is 0.235. The summed E-state index contributed by atoms with van der Waals surface area (Å²) in [6, 6.07) is 27.6. The van der Waals surface area contributed by atoms with Crippen LogP contribution in [0.15, 0.2) is 96.6 Å². The van der Waals surface area contributed by atoms with Crippen molar-refractivity contribution in [2.75, 3.05) is 4.90 Å². The summed E-state index contributed by atoms with van der Waals surface area (Å²) < 4.78 is 5.77. The molecule has 198 valence electrons. The van der Waals surface area contributed by atoms with Crippen LogP contribution in [0.3, 0.4) is 0 Å². The van der Waals surface area contributed by atoms with E-state index in [2.05, 4.69) is 20.8 Å². The van der Waals surface area contributed by atoms with Crippen LogP contribution in [0.4, 0.5) is 5.69 Å². The quantitative estimate of drug-likeness (QED) is 0.168. The zero-order valence-corrected chi connectivity index (χ0v) is 22.9. The van der Waals surface area contributed by atoms with Crippen LogP contribution in [-0.4, -0.2) is 22.9 Å². The highest BCUT2D eigenvalue weighted by atomic mass is 16.5. The van der Waals surface area contributed by atoms with Crippen LogP contribution in [0.1, 0.15) is 57.4 Å². The Morgan fingerprint density at radius 2 is 1.49 bits per heavy atom. The van der Waals surface area contributed by atoms with Crippen LogP contribution in [0.2, 0.25) is 0 Å². The largest absolute Gasteiger partial charge is 0.507 e. The van der Waals surface area contributed by atoms with Gasteiger partial charge in [-0.2, -0.15) is 0 Å². The van der Waals surface area contributed by atoms with E-state index in [-0.39, 0.29) is 22.9 Å². The molecule has 5 nitrogen and oxygen atoms in total. The number of carbonyl (C=O) groups excluding carboxylic acids is 2. The Morgan fingerprint density at radius 1 is 0.846 bits per heavy atom. The highest BCUT2D eigenvalue weighted by Crippen LogP contribution is 2.43. The molecule has 0 saturated carbocycles. The first-order valence-corrected chi connectivity index (χ1v) is 13.2. The molecule has 1 atom stereocenters. The average Bonchev–Trinajstić information content (AvgIpc) is 3.18. The van der Waals surface area contributed by atoms with Gasteiger partial charge in [-0.15, -0.1) is 0 Å². The molecule has 5 rings (SSSR count). The topological polar surface area (TPSA) is 66.8 Å². The summed E-state index contributed by atoms with van der Waals surface area (Å²) >= 11 is 0. The van der Waals surface area contributed by atoms with Crippen LogP contribution in [-0.2, 0) is 15.0 Å². The van der Waals surface area contributed by atoms with Crippen molar-refractivity contribution in [1.82, 2.24) is 0 Å². The molecule has 0 bridgehead atoms. The van der Waals surface area contributed by atoms with Crippen LogP contribution >= 0.6 is 0 Å². The summed E-state index contributed by atoms with van der Waals surface area (Å²) in [6.45, 7) is 10.3. The van der Waals surface area contributed by atoms with Crippen molar-refractivity contribution in [2.24, 2.45) is 0 Å². The van der Waals surface area contributed by atoms with E-state index in [0.717, 1.165) is 21.9 Å². The first kappa shape index (κ1) is 26.2. The molecule has 1 N–H and O–H groups in total. The minimum Gasteiger partial charge on any atom is -0.507 e. The van der Waals surface area contributed by atoms with Crippen molar-refractivity contribution in [2.45, 2.75) is 52.2 Å². The molecule has 1 amide bonds. The van der Waals surface area contributed by atoms with Gasteiger partial charge < -0.3 is 9.84 Å². The molecule has 1 fully saturated rings. The Balaban J connectivity index is 1.66. The van der Waals surface area contributed by atoms with Crippen LogP contribution in [0, 0.1) is 0 Å². The molecule has 39 heavy (non-hydrogen) atoms. The zero-order chi connectivity index (χ0) is 27.9. The van der Waals surface area contributed by atoms with Gasteiger partial charge in [-0.1, -0.05) is 81.4 Å². The van der Waals surface area contributed by atoms with Gasteiger partial charge in [0.1, 0.15) is 11.5 Å². The monoisotopic (exact) mass is 519 g/mol. The standard InChI is InChI=1S/C34H33NO4/c1-21(2)39-28-18-16-27(17-19-28)35-30(23-12-14-26(15-13-23)34(3,4)5)29(32(37)33(35)38)31(36)25-11-10-22-8-6-7-9-24(22)20-25/h6-21,30,36H,1-5H3/b31-29-. The smallest absolute Gasteiger partial charge is 0.300 e. The number of hydrogen-bond donors (Lipinski definition) is 1. The first-order valence-electron chi connectivity index (χ1n) is 13.2. The maximum atomic E-state index is 13.6. The number of benzene rings is 4. The SMILES string of the molecule is CC(C)Oc1ccc(N2C(=O)C(=O)/C(=C(\O)c3ccc4ccccc4c3)C2c2ccc(C(C)(C)C)cc2)cc1. The fourth-order valence-electron chi connectivity index (χ4n) is 5.03. The Morgan fingerprint density at radius 3 is 2.10 bits per heavy atom. The number of aliphatic hydroxyl groups is 1. The third-order valence-corrected chi connectivity index (χ3v) is 7.05. The van der Waals surface area contributed by atoms with Gasteiger partial charge in [-0.25, -0.2) is 0 Å². The molecule has 4 aromatic rings. The second kappa shape index (κ2) is 10.1. The number of carbonyl (C=O) groups is 2. The number of ketones is 1.